The summed E-state index contributed by atoms with van der Waals surface area (Å²) < 4.78 is 11.6. The minimum Gasteiger partial charge on any atom is -0.494 e. The van der Waals surface area contributed by atoms with Crippen molar-refractivity contribution in [2.75, 3.05) is 6.61 Å². The van der Waals surface area contributed by atoms with Crippen molar-refractivity contribution in [3.8, 4) is 11.5 Å². The summed E-state index contributed by atoms with van der Waals surface area (Å²) in [6.07, 6.45) is 6.26. The lowest BCUT2D eigenvalue weighted by atomic mass is 10.1. The maximum Gasteiger partial charge on any atom is 0.220 e. The summed E-state index contributed by atoms with van der Waals surface area (Å²) in [7, 11) is 0. The standard InChI is InChI=1S/C23H29NO3/c1-2-26-20-14-11-18(12-15-20)13-16-23(25)24-17-19-7-3-6-10-22(19)27-21-8-4-5-9-21/h3,6-7,10-12,14-15,21H,2,4-5,8-9,13,16-17H2,1H3,(H,24,25). The number of rotatable bonds is 9. The lowest BCUT2D eigenvalue weighted by Crippen LogP contribution is -2.23. The van der Waals surface area contributed by atoms with Gasteiger partial charge in [-0.2, -0.15) is 0 Å². The Morgan fingerprint density at radius 3 is 2.56 bits per heavy atom. The molecular weight excluding hydrogens is 338 g/mol. The van der Waals surface area contributed by atoms with E-state index in [1.807, 2.05) is 55.5 Å². The van der Waals surface area contributed by atoms with Crippen molar-refractivity contribution < 1.29 is 14.3 Å². The van der Waals surface area contributed by atoms with Gasteiger partial charge in [-0.15, -0.1) is 0 Å². The van der Waals surface area contributed by atoms with Crippen molar-refractivity contribution in [1.29, 1.82) is 0 Å². The molecule has 1 aliphatic rings. The van der Waals surface area contributed by atoms with E-state index in [1.165, 1.54) is 12.8 Å². The Morgan fingerprint density at radius 1 is 1.07 bits per heavy atom. The molecule has 144 valence electrons. The van der Waals surface area contributed by atoms with E-state index in [4.69, 9.17) is 9.47 Å². The monoisotopic (exact) mass is 367 g/mol. The van der Waals surface area contributed by atoms with Gasteiger partial charge in [-0.1, -0.05) is 30.3 Å². The molecule has 2 aromatic carbocycles. The van der Waals surface area contributed by atoms with E-state index < -0.39 is 0 Å². The highest BCUT2D eigenvalue weighted by molar-refractivity contribution is 5.76. The average molecular weight is 367 g/mol. The molecule has 0 unspecified atom stereocenters. The van der Waals surface area contributed by atoms with Crippen LogP contribution in [0, 0.1) is 0 Å². The number of para-hydroxylation sites is 1. The van der Waals surface area contributed by atoms with Crippen molar-refractivity contribution in [3.63, 3.8) is 0 Å². The molecule has 1 amide bonds. The maximum absolute atomic E-state index is 12.2. The van der Waals surface area contributed by atoms with Gasteiger partial charge in [0.1, 0.15) is 11.5 Å². The highest BCUT2D eigenvalue weighted by atomic mass is 16.5. The molecule has 0 aliphatic heterocycles. The van der Waals surface area contributed by atoms with E-state index in [2.05, 4.69) is 5.32 Å². The minimum absolute atomic E-state index is 0.0551. The number of amides is 1. The first-order valence-corrected chi connectivity index (χ1v) is 9.97. The molecule has 1 saturated carbocycles. The molecule has 0 aromatic heterocycles. The van der Waals surface area contributed by atoms with Gasteiger partial charge < -0.3 is 14.8 Å². The molecule has 1 N–H and O–H groups in total. The number of benzene rings is 2. The molecule has 4 nitrogen and oxygen atoms in total. The molecule has 27 heavy (non-hydrogen) atoms. The topological polar surface area (TPSA) is 47.6 Å². The van der Waals surface area contributed by atoms with Crippen LogP contribution in [0.2, 0.25) is 0 Å². The zero-order valence-corrected chi connectivity index (χ0v) is 16.1. The first-order valence-electron chi connectivity index (χ1n) is 9.97. The van der Waals surface area contributed by atoms with Crippen molar-refractivity contribution >= 4 is 5.91 Å². The van der Waals surface area contributed by atoms with Crippen molar-refractivity contribution in [1.82, 2.24) is 5.32 Å². The first kappa shape index (κ1) is 19.3. The molecule has 0 atom stereocenters. The molecule has 4 heteroatoms. The normalized spacial score (nSPS) is 14.1. The number of carbonyl (C=O) groups is 1. The van der Waals surface area contributed by atoms with Crippen LogP contribution in [0.25, 0.3) is 0 Å². The molecule has 1 aliphatic carbocycles. The van der Waals surface area contributed by atoms with Gasteiger partial charge in [0.05, 0.1) is 12.7 Å². The summed E-state index contributed by atoms with van der Waals surface area (Å²) in [5.41, 5.74) is 2.18. The van der Waals surface area contributed by atoms with Crippen LogP contribution in [-0.4, -0.2) is 18.6 Å². The van der Waals surface area contributed by atoms with E-state index >= 15 is 0 Å². The highest BCUT2D eigenvalue weighted by Gasteiger charge is 2.17. The fourth-order valence-corrected chi connectivity index (χ4v) is 3.41. The van der Waals surface area contributed by atoms with Gasteiger partial charge in [-0.3, -0.25) is 4.79 Å². The minimum atomic E-state index is 0.0551. The van der Waals surface area contributed by atoms with Crippen LogP contribution >= 0.6 is 0 Å². The Hall–Kier alpha value is -2.49. The second-order valence-corrected chi connectivity index (χ2v) is 6.99. The van der Waals surface area contributed by atoms with Crippen LogP contribution < -0.4 is 14.8 Å². The summed E-state index contributed by atoms with van der Waals surface area (Å²) in [5, 5.41) is 3.02. The fourth-order valence-electron chi connectivity index (χ4n) is 3.41. The van der Waals surface area contributed by atoms with Gasteiger partial charge >= 0.3 is 0 Å². The molecule has 0 saturated heterocycles. The lowest BCUT2D eigenvalue weighted by molar-refractivity contribution is -0.121. The van der Waals surface area contributed by atoms with E-state index in [-0.39, 0.29) is 5.91 Å². The smallest absolute Gasteiger partial charge is 0.220 e. The molecule has 1 fully saturated rings. The summed E-state index contributed by atoms with van der Waals surface area (Å²) in [6, 6.07) is 15.9. The Bertz CT molecular complexity index is 721. The zero-order valence-electron chi connectivity index (χ0n) is 16.1. The van der Waals surface area contributed by atoms with Gasteiger partial charge in [0, 0.05) is 18.5 Å². The largest absolute Gasteiger partial charge is 0.494 e. The third-order valence-electron chi connectivity index (χ3n) is 4.92. The SMILES string of the molecule is CCOc1ccc(CCC(=O)NCc2ccccc2OC2CCCC2)cc1. The van der Waals surface area contributed by atoms with Crippen LogP contribution in [-0.2, 0) is 17.8 Å². The van der Waals surface area contributed by atoms with Crippen LogP contribution in [0.15, 0.2) is 48.5 Å². The zero-order chi connectivity index (χ0) is 18.9. The van der Waals surface area contributed by atoms with E-state index in [9.17, 15) is 4.79 Å². The van der Waals surface area contributed by atoms with Gasteiger partial charge in [0.2, 0.25) is 5.91 Å². The molecule has 0 heterocycles. The average Bonchev–Trinajstić information content (AvgIpc) is 3.20. The molecule has 0 bridgehead atoms. The third-order valence-corrected chi connectivity index (χ3v) is 4.92. The van der Waals surface area contributed by atoms with Gasteiger partial charge in [0.15, 0.2) is 0 Å². The predicted molar refractivity (Wildman–Crippen MR) is 107 cm³/mol. The second-order valence-electron chi connectivity index (χ2n) is 6.99. The van der Waals surface area contributed by atoms with Crippen molar-refractivity contribution in [3.05, 3.63) is 59.7 Å². The third kappa shape index (κ3) is 6.02. The maximum atomic E-state index is 12.2. The molecule has 0 radical (unpaired) electrons. The summed E-state index contributed by atoms with van der Waals surface area (Å²) in [6.45, 7) is 3.13. The Morgan fingerprint density at radius 2 is 1.81 bits per heavy atom. The van der Waals surface area contributed by atoms with Crippen molar-refractivity contribution in [2.24, 2.45) is 0 Å². The summed E-state index contributed by atoms with van der Waals surface area (Å²) in [4.78, 5) is 12.2. The second kappa shape index (κ2) is 10.0. The number of ether oxygens (including phenoxy) is 2. The van der Waals surface area contributed by atoms with Gasteiger partial charge in [-0.25, -0.2) is 0 Å². The summed E-state index contributed by atoms with van der Waals surface area (Å²) in [5.74, 6) is 1.82. The van der Waals surface area contributed by atoms with E-state index in [0.29, 0.717) is 25.7 Å². The molecule has 0 spiro atoms. The number of nitrogens with one attached hydrogen (secondary N) is 1. The Kier molecular flexibility index (Phi) is 7.14. The summed E-state index contributed by atoms with van der Waals surface area (Å²) >= 11 is 0. The molecular formula is C23H29NO3. The highest BCUT2D eigenvalue weighted by Crippen LogP contribution is 2.26. The van der Waals surface area contributed by atoms with E-state index in [0.717, 1.165) is 41.9 Å². The number of hydrogen-bond donors (Lipinski definition) is 1. The molecule has 3 rings (SSSR count). The number of hydrogen-bond acceptors (Lipinski definition) is 3. The van der Waals surface area contributed by atoms with Gasteiger partial charge in [0.25, 0.3) is 0 Å². The fraction of sp³-hybridized carbons (Fsp3) is 0.435. The number of aryl methyl sites for hydroxylation is 1. The van der Waals surface area contributed by atoms with Gasteiger partial charge in [-0.05, 0) is 62.8 Å². The Labute approximate surface area is 161 Å². The molecule has 2 aromatic rings. The van der Waals surface area contributed by atoms with Crippen LogP contribution in [0.3, 0.4) is 0 Å². The number of carbonyl (C=O) groups excluding carboxylic acids is 1. The van der Waals surface area contributed by atoms with Crippen molar-refractivity contribution in [2.45, 2.75) is 58.1 Å². The van der Waals surface area contributed by atoms with Crippen LogP contribution in [0.1, 0.15) is 50.2 Å². The Balaban J connectivity index is 1.46. The first-order chi connectivity index (χ1) is 13.2. The quantitative estimate of drug-likeness (QED) is 0.701. The van der Waals surface area contributed by atoms with E-state index in [1.54, 1.807) is 0 Å². The lowest BCUT2D eigenvalue weighted by Gasteiger charge is -2.16. The van der Waals surface area contributed by atoms with Crippen LogP contribution in [0.4, 0.5) is 0 Å². The predicted octanol–water partition coefficient (Wildman–Crippen LogP) is 4.66. The van der Waals surface area contributed by atoms with Crippen LogP contribution in [0.5, 0.6) is 11.5 Å².